The number of ether oxygens (including phenoxy) is 1. The van der Waals surface area contributed by atoms with Crippen LogP contribution in [0.3, 0.4) is 0 Å². The van der Waals surface area contributed by atoms with E-state index in [1.165, 1.54) is 0 Å². The number of halogens is 1. The Hall–Kier alpha value is -2.04. The number of amides is 1. The molecule has 2 rings (SSSR count). The van der Waals surface area contributed by atoms with Crippen molar-refractivity contribution in [1.82, 2.24) is 5.32 Å². The van der Waals surface area contributed by atoms with Gasteiger partial charge in [0.25, 0.3) is 5.91 Å². The van der Waals surface area contributed by atoms with Crippen LogP contribution in [0.15, 0.2) is 48.5 Å². The molecule has 0 fully saturated rings. The minimum Gasteiger partial charge on any atom is -0.489 e. The molecule has 25 heavy (non-hydrogen) atoms. The van der Waals surface area contributed by atoms with Crippen LogP contribution < -0.4 is 15.8 Å². The molecule has 0 heterocycles. The van der Waals surface area contributed by atoms with E-state index in [4.69, 9.17) is 10.5 Å². The van der Waals surface area contributed by atoms with Crippen molar-refractivity contribution in [3.8, 4) is 5.75 Å². The Kier molecular flexibility index (Phi) is 9.66. The van der Waals surface area contributed by atoms with Crippen molar-refractivity contribution in [2.24, 2.45) is 5.73 Å². The summed E-state index contributed by atoms with van der Waals surface area (Å²) in [5.74, 6) is 0.666. The van der Waals surface area contributed by atoms with E-state index >= 15 is 0 Å². The average Bonchev–Trinajstić information content (AvgIpc) is 2.64. The minimum atomic E-state index is -0.0598. The highest BCUT2D eigenvalue weighted by Crippen LogP contribution is 2.21. The Morgan fingerprint density at radius 3 is 2.56 bits per heavy atom. The van der Waals surface area contributed by atoms with Crippen molar-refractivity contribution in [2.45, 2.75) is 39.3 Å². The summed E-state index contributed by atoms with van der Waals surface area (Å²) in [5, 5.41) is 2.94. The van der Waals surface area contributed by atoms with Gasteiger partial charge in [0.2, 0.25) is 0 Å². The molecule has 2 aromatic rings. The quantitative estimate of drug-likeness (QED) is 0.661. The van der Waals surface area contributed by atoms with Crippen LogP contribution in [-0.4, -0.2) is 12.5 Å². The highest BCUT2D eigenvalue weighted by molar-refractivity contribution is 5.94. The maximum absolute atomic E-state index is 12.2. The van der Waals surface area contributed by atoms with Gasteiger partial charge in [0.05, 0.1) is 0 Å². The molecule has 0 aliphatic heterocycles. The molecule has 1 amide bonds. The second-order valence-corrected chi connectivity index (χ2v) is 5.76. The number of benzene rings is 2. The summed E-state index contributed by atoms with van der Waals surface area (Å²) < 4.78 is 5.85. The molecule has 0 unspecified atom stereocenters. The molecule has 2 aromatic carbocycles. The number of carbonyl (C=O) groups excluding carboxylic acids is 1. The number of nitrogens with one attached hydrogen (secondary N) is 1. The Morgan fingerprint density at radius 2 is 1.88 bits per heavy atom. The van der Waals surface area contributed by atoms with Gasteiger partial charge in [-0.2, -0.15) is 0 Å². The number of carbonyl (C=O) groups is 1. The second-order valence-electron chi connectivity index (χ2n) is 5.76. The lowest BCUT2D eigenvalue weighted by molar-refractivity contribution is 0.0953. The van der Waals surface area contributed by atoms with Crippen LogP contribution in [0.2, 0.25) is 0 Å². The average molecular weight is 363 g/mol. The van der Waals surface area contributed by atoms with Gasteiger partial charge in [-0.1, -0.05) is 50.1 Å². The molecule has 0 radical (unpaired) electrons. The molecule has 0 atom stereocenters. The van der Waals surface area contributed by atoms with Crippen LogP contribution in [0.4, 0.5) is 0 Å². The topological polar surface area (TPSA) is 64.3 Å². The first-order valence-corrected chi connectivity index (χ1v) is 8.52. The van der Waals surface area contributed by atoms with Crippen LogP contribution in [0.25, 0.3) is 0 Å². The van der Waals surface area contributed by atoms with Crippen molar-refractivity contribution in [1.29, 1.82) is 0 Å². The van der Waals surface area contributed by atoms with Crippen molar-refractivity contribution >= 4 is 18.3 Å². The molecule has 0 bridgehead atoms. The van der Waals surface area contributed by atoms with Crippen molar-refractivity contribution in [3.63, 3.8) is 0 Å². The standard InChI is InChI=1S/C20H26N2O2.ClH/c1-2-3-7-12-22-20(23)17-10-11-19(18(13-17)14-21)24-15-16-8-5-4-6-9-16;/h4-6,8-11,13H,2-3,7,12,14-15,21H2,1H3,(H,22,23);1H. The van der Waals surface area contributed by atoms with Gasteiger partial charge >= 0.3 is 0 Å². The highest BCUT2D eigenvalue weighted by Gasteiger charge is 2.10. The monoisotopic (exact) mass is 362 g/mol. The maximum Gasteiger partial charge on any atom is 0.251 e. The molecule has 136 valence electrons. The summed E-state index contributed by atoms with van der Waals surface area (Å²) in [7, 11) is 0. The van der Waals surface area contributed by atoms with Gasteiger partial charge in [0.15, 0.2) is 0 Å². The fourth-order valence-corrected chi connectivity index (χ4v) is 2.44. The maximum atomic E-state index is 12.2. The van der Waals surface area contributed by atoms with E-state index in [2.05, 4.69) is 12.2 Å². The minimum absolute atomic E-state index is 0. The van der Waals surface area contributed by atoms with Gasteiger partial charge in [-0.3, -0.25) is 4.79 Å². The summed E-state index contributed by atoms with van der Waals surface area (Å²) in [6.07, 6.45) is 3.27. The van der Waals surface area contributed by atoms with Crippen molar-refractivity contribution < 1.29 is 9.53 Å². The molecule has 4 nitrogen and oxygen atoms in total. The van der Waals surface area contributed by atoms with Crippen LogP contribution in [-0.2, 0) is 13.2 Å². The zero-order chi connectivity index (χ0) is 17.2. The fourth-order valence-electron chi connectivity index (χ4n) is 2.44. The normalized spacial score (nSPS) is 10.0. The molecule has 0 saturated heterocycles. The van der Waals surface area contributed by atoms with Crippen LogP contribution in [0.5, 0.6) is 5.75 Å². The first-order chi connectivity index (χ1) is 11.7. The van der Waals surface area contributed by atoms with Gasteiger partial charge in [-0.25, -0.2) is 0 Å². The smallest absolute Gasteiger partial charge is 0.251 e. The van der Waals surface area contributed by atoms with Crippen LogP contribution in [0, 0.1) is 0 Å². The van der Waals surface area contributed by atoms with Crippen LogP contribution >= 0.6 is 12.4 Å². The zero-order valence-electron chi connectivity index (χ0n) is 14.7. The summed E-state index contributed by atoms with van der Waals surface area (Å²) >= 11 is 0. The third kappa shape index (κ3) is 6.77. The summed E-state index contributed by atoms with van der Waals surface area (Å²) in [4.78, 5) is 12.2. The summed E-state index contributed by atoms with van der Waals surface area (Å²) in [6, 6.07) is 15.4. The zero-order valence-corrected chi connectivity index (χ0v) is 15.5. The third-order valence-corrected chi connectivity index (χ3v) is 3.85. The largest absolute Gasteiger partial charge is 0.489 e. The Bertz CT molecular complexity index is 647. The van der Waals surface area contributed by atoms with Gasteiger partial charge in [-0.05, 0) is 30.2 Å². The molecular formula is C20H27ClN2O2. The SMILES string of the molecule is CCCCCNC(=O)c1ccc(OCc2ccccc2)c(CN)c1.Cl. The number of unbranched alkanes of at least 4 members (excludes halogenated alkanes) is 2. The molecule has 0 aromatic heterocycles. The Labute approximate surface area is 156 Å². The van der Waals surface area contributed by atoms with Crippen molar-refractivity contribution in [2.75, 3.05) is 6.54 Å². The van der Waals surface area contributed by atoms with E-state index in [0.29, 0.717) is 25.3 Å². The molecule has 5 heteroatoms. The molecule has 0 aliphatic carbocycles. The Morgan fingerprint density at radius 1 is 1.12 bits per heavy atom. The van der Waals surface area contributed by atoms with Gasteiger partial charge in [-0.15, -0.1) is 12.4 Å². The molecule has 0 spiro atoms. The molecule has 0 saturated carbocycles. The third-order valence-electron chi connectivity index (χ3n) is 3.85. The van der Waals surface area contributed by atoms with E-state index in [9.17, 15) is 4.79 Å². The lowest BCUT2D eigenvalue weighted by Gasteiger charge is -2.12. The number of nitrogens with two attached hydrogens (primary N) is 1. The number of rotatable bonds is 9. The summed E-state index contributed by atoms with van der Waals surface area (Å²) in [5.41, 5.74) is 8.38. The van der Waals surface area contributed by atoms with Gasteiger partial charge in [0, 0.05) is 24.2 Å². The van der Waals surface area contributed by atoms with Gasteiger partial charge < -0.3 is 15.8 Å². The van der Waals surface area contributed by atoms with Crippen molar-refractivity contribution in [3.05, 3.63) is 65.2 Å². The first kappa shape index (κ1) is 21.0. The first-order valence-electron chi connectivity index (χ1n) is 8.52. The predicted molar refractivity (Wildman–Crippen MR) is 104 cm³/mol. The number of hydrogen-bond donors (Lipinski definition) is 2. The number of hydrogen-bond acceptors (Lipinski definition) is 3. The predicted octanol–water partition coefficient (Wildman–Crippen LogP) is 4.07. The fraction of sp³-hybridized carbons (Fsp3) is 0.350. The lowest BCUT2D eigenvalue weighted by atomic mass is 10.1. The van der Waals surface area contributed by atoms with E-state index in [-0.39, 0.29) is 18.3 Å². The van der Waals surface area contributed by atoms with Gasteiger partial charge in [0.1, 0.15) is 12.4 Å². The highest BCUT2D eigenvalue weighted by atomic mass is 35.5. The second kappa shape index (κ2) is 11.5. The van der Waals surface area contributed by atoms with E-state index in [1.807, 2.05) is 42.5 Å². The van der Waals surface area contributed by atoms with E-state index in [0.717, 1.165) is 36.1 Å². The summed E-state index contributed by atoms with van der Waals surface area (Å²) in [6.45, 7) is 3.66. The Balaban J connectivity index is 0.00000312. The molecular weight excluding hydrogens is 336 g/mol. The molecule has 0 aliphatic rings. The lowest BCUT2D eigenvalue weighted by Crippen LogP contribution is -2.24. The van der Waals surface area contributed by atoms with E-state index < -0.39 is 0 Å². The molecule has 3 N–H and O–H groups in total. The van der Waals surface area contributed by atoms with Crippen LogP contribution in [0.1, 0.15) is 47.7 Å². The van der Waals surface area contributed by atoms with E-state index in [1.54, 1.807) is 6.07 Å².